The number of halogens is 1. The van der Waals surface area contributed by atoms with Crippen molar-refractivity contribution in [2.24, 2.45) is 0 Å². The minimum atomic E-state index is -0.465. The number of hydrogen-bond donors (Lipinski definition) is 1. The summed E-state index contributed by atoms with van der Waals surface area (Å²) in [5.74, 6) is 5.91. The van der Waals surface area contributed by atoms with E-state index in [4.69, 9.17) is 4.74 Å². The fourth-order valence-electron chi connectivity index (χ4n) is 1.77. The van der Waals surface area contributed by atoms with E-state index in [-0.39, 0.29) is 13.2 Å². The van der Waals surface area contributed by atoms with Crippen molar-refractivity contribution >= 4 is 22.0 Å². The first-order valence-corrected chi connectivity index (χ1v) is 7.98. The van der Waals surface area contributed by atoms with Gasteiger partial charge in [-0.1, -0.05) is 70.2 Å². The molecule has 0 aliphatic carbocycles. The lowest BCUT2D eigenvalue weighted by Crippen LogP contribution is -2.24. The molecular weight excluding hydrogens is 342 g/mol. The molecule has 0 aliphatic rings. The van der Waals surface area contributed by atoms with E-state index in [0.717, 1.165) is 16.5 Å². The number of carbonyl (C=O) groups is 1. The van der Waals surface area contributed by atoms with Crippen LogP contribution >= 0.6 is 15.9 Å². The average Bonchev–Trinajstić information content (AvgIpc) is 2.58. The Morgan fingerprint density at radius 1 is 1.09 bits per heavy atom. The summed E-state index contributed by atoms with van der Waals surface area (Å²) in [4.78, 5) is 11.5. The number of ether oxygens (including phenoxy) is 1. The van der Waals surface area contributed by atoms with E-state index in [1.165, 1.54) is 5.56 Å². The van der Waals surface area contributed by atoms with Crippen LogP contribution < -0.4 is 5.32 Å². The first-order chi connectivity index (χ1) is 10.8. The summed E-state index contributed by atoms with van der Waals surface area (Å²) in [5, 5.41) is 3.41. The average molecular weight is 358 g/mol. The third-order valence-corrected chi connectivity index (χ3v) is 3.50. The van der Waals surface area contributed by atoms with E-state index in [1.54, 1.807) is 0 Å². The molecule has 3 nitrogen and oxygen atoms in total. The Balaban J connectivity index is 1.74. The minimum absolute atomic E-state index is 0.256. The van der Waals surface area contributed by atoms with E-state index in [2.05, 4.69) is 33.1 Å². The summed E-state index contributed by atoms with van der Waals surface area (Å²) in [5.41, 5.74) is 3.05. The minimum Gasteiger partial charge on any atom is -0.445 e. The van der Waals surface area contributed by atoms with Gasteiger partial charge in [-0.25, -0.2) is 4.79 Å². The smallest absolute Gasteiger partial charge is 0.408 e. The number of alkyl carbamates (subject to hydrolysis) is 1. The van der Waals surface area contributed by atoms with Crippen molar-refractivity contribution in [3.8, 4) is 11.8 Å². The van der Waals surface area contributed by atoms with Crippen molar-refractivity contribution in [1.82, 2.24) is 5.32 Å². The Morgan fingerprint density at radius 2 is 1.86 bits per heavy atom. The molecule has 1 N–H and O–H groups in total. The first kappa shape index (κ1) is 16.1. The topological polar surface area (TPSA) is 38.3 Å². The molecule has 0 saturated carbocycles. The molecule has 1 amide bonds. The summed E-state index contributed by atoms with van der Waals surface area (Å²) in [6.07, 6.45) is -0.465. The maximum atomic E-state index is 11.5. The van der Waals surface area contributed by atoms with E-state index in [1.807, 2.05) is 54.6 Å². The van der Waals surface area contributed by atoms with Gasteiger partial charge in [-0.05, 0) is 23.3 Å². The molecule has 0 unspecified atom stereocenters. The summed E-state index contributed by atoms with van der Waals surface area (Å²) < 4.78 is 5.09. The number of carbonyl (C=O) groups excluding carboxylic acids is 1. The zero-order valence-corrected chi connectivity index (χ0v) is 13.6. The second-order valence-electron chi connectivity index (χ2n) is 4.55. The third kappa shape index (κ3) is 5.63. The molecule has 2 aromatic rings. The Bertz CT molecular complexity index is 674. The lowest BCUT2D eigenvalue weighted by atomic mass is 10.1. The van der Waals surface area contributed by atoms with E-state index in [9.17, 15) is 4.79 Å². The van der Waals surface area contributed by atoms with Gasteiger partial charge in [0.05, 0.1) is 6.54 Å². The highest BCUT2D eigenvalue weighted by Crippen LogP contribution is 2.07. The van der Waals surface area contributed by atoms with Crippen LogP contribution in [-0.4, -0.2) is 12.6 Å². The van der Waals surface area contributed by atoms with Gasteiger partial charge in [-0.15, -0.1) is 0 Å². The van der Waals surface area contributed by atoms with Crippen molar-refractivity contribution in [1.29, 1.82) is 0 Å². The normalized spacial score (nSPS) is 9.50. The van der Waals surface area contributed by atoms with Crippen LogP contribution in [0.15, 0.2) is 54.6 Å². The van der Waals surface area contributed by atoms with Crippen molar-refractivity contribution in [2.75, 3.05) is 6.54 Å². The third-order valence-electron chi connectivity index (χ3n) is 2.85. The highest BCUT2D eigenvalue weighted by Gasteiger charge is 2.00. The molecular formula is C18H16BrNO2. The van der Waals surface area contributed by atoms with Crippen LogP contribution in [0.3, 0.4) is 0 Å². The molecule has 22 heavy (non-hydrogen) atoms. The number of benzene rings is 2. The van der Waals surface area contributed by atoms with Crippen LogP contribution in [0.4, 0.5) is 4.79 Å². The zero-order valence-electron chi connectivity index (χ0n) is 12.0. The first-order valence-electron chi connectivity index (χ1n) is 6.86. The maximum Gasteiger partial charge on any atom is 0.408 e. The molecule has 0 fully saturated rings. The van der Waals surface area contributed by atoms with E-state index >= 15 is 0 Å². The molecule has 0 atom stereocenters. The zero-order chi connectivity index (χ0) is 15.6. The molecule has 0 spiro atoms. The Hall–Kier alpha value is -2.25. The molecule has 0 heterocycles. The van der Waals surface area contributed by atoms with Gasteiger partial charge in [0.15, 0.2) is 0 Å². The molecule has 0 bridgehead atoms. The van der Waals surface area contributed by atoms with Gasteiger partial charge < -0.3 is 10.1 Å². The van der Waals surface area contributed by atoms with E-state index < -0.39 is 6.09 Å². The Kier molecular flexibility index (Phi) is 6.53. The largest absolute Gasteiger partial charge is 0.445 e. The molecule has 0 radical (unpaired) electrons. The summed E-state index contributed by atoms with van der Waals surface area (Å²) >= 11 is 3.41. The lowest BCUT2D eigenvalue weighted by Gasteiger charge is -2.04. The summed E-state index contributed by atoms with van der Waals surface area (Å²) in [7, 11) is 0. The fourth-order valence-corrected chi connectivity index (χ4v) is 2.12. The van der Waals surface area contributed by atoms with Crippen LogP contribution in [0.1, 0.15) is 16.7 Å². The molecule has 2 aromatic carbocycles. The van der Waals surface area contributed by atoms with Gasteiger partial charge in [0.2, 0.25) is 0 Å². The van der Waals surface area contributed by atoms with Gasteiger partial charge in [0.25, 0.3) is 0 Å². The highest BCUT2D eigenvalue weighted by molar-refractivity contribution is 9.08. The predicted octanol–water partition coefficient (Wildman–Crippen LogP) is 3.86. The number of alkyl halides is 1. The highest BCUT2D eigenvalue weighted by atomic mass is 79.9. The van der Waals surface area contributed by atoms with Gasteiger partial charge in [-0.2, -0.15) is 0 Å². The monoisotopic (exact) mass is 357 g/mol. The molecule has 0 aromatic heterocycles. The Labute approximate surface area is 138 Å². The second-order valence-corrected chi connectivity index (χ2v) is 5.11. The Morgan fingerprint density at radius 3 is 2.64 bits per heavy atom. The van der Waals surface area contributed by atoms with Crippen molar-refractivity contribution in [2.45, 2.75) is 11.9 Å². The van der Waals surface area contributed by atoms with Gasteiger partial charge in [-0.3, -0.25) is 0 Å². The van der Waals surface area contributed by atoms with Gasteiger partial charge in [0.1, 0.15) is 6.61 Å². The standard InChI is InChI=1S/C18H16BrNO2/c19-13-17-9-4-8-15(12-17)10-5-11-20-18(21)22-14-16-6-2-1-3-7-16/h1-4,6-9,12H,11,13-14H2,(H,20,21). The second kappa shape index (κ2) is 8.91. The quantitative estimate of drug-likeness (QED) is 0.666. The van der Waals surface area contributed by atoms with Crippen LogP contribution in [-0.2, 0) is 16.7 Å². The van der Waals surface area contributed by atoms with Crippen LogP contribution in [0.5, 0.6) is 0 Å². The van der Waals surface area contributed by atoms with Crippen LogP contribution in [0, 0.1) is 11.8 Å². The van der Waals surface area contributed by atoms with Crippen LogP contribution in [0.25, 0.3) is 0 Å². The lowest BCUT2D eigenvalue weighted by molar-refractivity contribution is 0.141. The van der Waals surface area contributed by atoms with Crippen molar-refractivity contribution in [3.05, 3.63) is 71.3 Å². The van der Waals surface area contributed by atoms with E-state index in [0.29, 0.717) is 0 Å². The molecule has 0 aliphatic heterocycles. The molecule has 0 saturated heterocycles. The number of hydrogen-bond acceptors (Lipinski definition) is 2. The molecule has 2 rings (SSSR count). The predicted molar refractivity (Wildman–Crippen MR) is 90.6 cm³/mol. The fraction of sp³-hybridized carbons (Fsp3) is 0.167. The molecule has 112 valence electrons. The number of amides is 1. The van der Waals surface area contributed by atoms with Crippen molar-refractivity contribution in [3.63, 3.8) is 0 Å². The number of rotatable bonds is 4. The molecule has 4 heteroatoms. The number of nitrogens with one attached hydrogen (secondary N) is 1. The maximum absolute atomic E-state index is 11.5. The van der Waals surface area contributed by atoms with Crippen LogP contribution in [0.2, 0.25) is 0 Å². The van der Waals surface area contributed by atoms with Crippen molar-refractivity contribution < 1.29 is 9.53 Å². The SMILES string of the molecule is O=C(NCC#Cc1cccc(CBr)c1)OCc1ccccc1. The van der Waals surface area contributed by atoms with Gasteiger partial charge >= 0.3 is 6.09 Å². The van der Waals surface area contributed by atoms with Gasteiger partial charge in [0, 0.05) is 10.9 Å². The summed E-state index contributed by atoms with van der Waals surface area (Å²) in [6.45, 7) is 0.513. The summed E-state index contributed by atoms with van der Waals surface area (Å²) in [6, 6.07) is 17.5.